The number of carbonyl (C=O) groups is 1. The molecule has 1 saturated carbocycles. The van der Waals surface area contributed by atoms with Crippen molar-refractivity contribution in [1.29, 1.82) is 0 Å². The highest BCUT2D eigenvalue weighted by molar-refractivity contribution is 5.86. The molecule has 1 N–H and O–H groups in total. The predicted octanol–water partition coefficient (Wildman–Crippen LogP) is 1.97. The smallest absolute Gasteiger partial charge is 0.358 e. The number of aromatic nitrogens is 3. The van der Waals surface area contributed by atoms with Crippen LogP contribution in [0.4, 0.5) is 0 Å². The molecule has 1 aliphatic rings. The zero-order valence-electron chi connectivity index (χ0n) is 10.4. The highest BCUT2D eigenvalue weighted by Gasteiger charge is 2.27. The van der Waals surface area contributed by atoms with Crippen LogP contribution in [0.1, 0.15) is 49.3 Å². The maximum absolute atomic E-state index is 11.1. The number of aromatic carboxylic acids is 1. The Morgan fingerprint density at radius 3 is 2.76 bits per heavy atom. The maximum Gasteiger partial charge on any atom is 0.358 e. The minimum absolute atomic E-state index is 0.139. The molecule has 0 amide bonds. The molecule has 94 valence electrons. The van der Waals surface area contributed by atoms with Gasteiger partial charge in [-0.15, -0.1) is 5.10 Å². The summed E-state index contributed by atoms with van der Waals surface area (Å²) in [6, 6.07) is 0. The van der Waals surface area contributed by atoms with Gasteiger partial charge in [0.25, 0.3) is 0 Å². The highest BCUT2D eigenvalue weighted by Crippen LogP contribution is 2.33. The average molecular weight is 237 g/mol. The van der Waals surface area contributed by atoms with Gasteiger partial charge in [0.15, 0.2) is 5.69 Å². The second-order valence-corrected chi connectivity index (χ2v) is 5.24. The molecule has 0 unspecified atom stereocenters. The summed E-state index contributed by atoms with van der Waals surface area (Å²) in [6.45, 7) is 5.06. The molecule has 0 spiro atoms. The summed E-state index contributed by atoms with van der Waals surface area (Å²) in [5.74, 6) is 0.266. The number of aryl methyl sites for hydroxylation is 1. The van der Waals surface area contributed by atoms with Crippen molar-refractivity contribution in [2.75, 3.05) is 0 Å². The second-order valence-electron chi connectivity index (χ2n) is 5.24. The van der Waals surface area contributed by atoms with Crippen molar-refractivity contribution in [2.45, 2.75) is 46.1 Å². The van der Waals surface area contributed by atoms with E-state index < -0.39 is 5.97 Å². The monoisotopic (exact) mass is 237 g/mol. The SMILES string of the molecule is CC(C)CCn1nnc(C(=O)O)c1CC1CC1. The van der Waals surface area contributed by atoms with Crippen LogP contribution in [-0.4, -0.2) is 26.1 Å². The van der Waals surface area contributed by atoms with Gasteiger partial charge in [-0.25, -0.2) is 9.48 Å². The van der Waals surface area contributed by atoms with Crippen molar-refractivity contribution in [3.63, 3.8) is 0 Å². The molecule has 1 fully saturated rings. The summed E-state index contributed by atoms with van der Waals surface area (Å²) in [5, 5.41) is 16.8. The van der Waals surface area contributed by atoms with E-state index >= 15 is 0 Å². The second kappa shape index (κ2) is 4.85. The van der Waals surface area contributed by atoms with E-state index in [1.165, 1.54) is 12.8 Å². The minimum Gasteiger partial charge on any atom is -0.476 e. The first-order chi connectivity index (χ1) is 8.08. The Morgan fingerprint density at radius 1 is 1.53 bits per heavy atom. The average Bonchev–Trinajstić information content (AvgIpc) is 2.95. The highest BCUT2D eigenvalue weighted by atomic mass is 16.4. The fraction of sp³-hybridized carbons (Fsp3) is 0.750. The number of rotatable bonds is 6. The molecule has 0 aromatic carbocycles. The van der Waals surface area contributed by atoms with Gasteiger partial charge in [0.1, 0.15) is 0 Å². The number of hydrogen-bond acceptors (Lipinski definition) is 3. The van der Waals surface area contributed by atoms with E-state index in [9.17, 15) is 4.79 Å². The molecule has 0 radical (unpaired) electrons. The van der Waals surface area contributed by atoms with Crippen LogP contribution >= 0.6 is 0 Å². The van der Waals surface area contributed by atoms with E-state index in [0.29, 0.717) is 11.8 Å². The van der Waals surface area contributed by atoms with Crippen LogP contribution in [0.2, 0.25) is 0 Å². The number of carboxylic acid groups (broad SMARTS) is 1. The van der Waals surface area contributed by atoms with Crippen LogP contribution in [-0.2, 0) is 13.0 Å². The molecule has 17 heavy (non-hydrogen) atoms. The first kappa shape index (κ1) is 12.1. The van der Waals surface area contributed by atoms with Crippen molar-refractivity contribution in [2.24, 2.45) is 11.8 Å². The molecule has 0 saturated heterocycles. The third-order valence-corrected chi connectivity index (χ3v) is 3.14. The zero-order valence-corrected chi connectivity index (χ0v) is 10.4. The number of hydrogen-bond donors (Lipinski definition) is 1. The normalized spacial score (nSPS) is 15.5. The third-order valence-electron chi connectivity index (χ3n) is 3.14. The zero-order chi connectivity index (χ0) is 12.4. The van der Waals surface area contributed by atoms with Gasteiger partial charge in [-0.3, -0.25) is 0 Å². The number of nitrogens with zero attached hydrogens (tertiary/aromatic N) is 3. The fourth-order valence-corrected chi connectivity index (χ4v) is 1.86. The topological polar surface area (TPSA) is 68.0 Å². The molecule has 1 aromatic rings. The lowest BCUT2D eigenvalue weighted by Gasteiger charge is -2.08. The van der Waals surface area contributed by atoms with Crippen LogP contribution in [0.5, 0.6) is 0 Å². The van der Waals surface area contributed by atoms with E-state index in [1.54, 1.807) is 4.68 Å². The summed E-state index contributed by atoms with van der Waals surface area (Å²) >= 11 is 0. The Hall–Kier alpha value is -1.39. The van der Waals surface area contributed by atoms with E-state index in [4.69, 9.17) is 5.11 Å². The maximum atomic E-state index is 11.1. The van der Waals surface area contributed by atoms with Gasteiger partial charge < -0.3 is 5.11 Å². The standard InChI is InChI=1S/C12H19N3O2/c1-8(2)5-6-15-10(7-9-3-4-9)11(12(16)17)13-14-15/h8-9H,3-7H2,1-2H3,(H,16,17). The Morgan fingerprint density at radius 2 is 2.24 bits per heavy atom. The van der Waals surface area contributed by atoms with Gasteiger partial charge in [0, 0.05) is 6.54 Å². The molecular formula is C12H19N3O2. The summed E-state index contributed by atoms with van der Waals surface area (Å²) in [7, 11) is 0. The van der Waals surface area contributed by atoms with Gasteiger partial charge in [-0.2, -0.15) is 0 Å². The summed E-state index contributed by atoms with van der Waals surface area (Å²) in [6.07, 6.45) is 4.22. The van der Waals surface area contributed by atoms with Crippen molar-refractivity contribution in [3.8, 4) is 0 Å². The summed E-state index contributed by atoms with van der Waals surface area (Å²) in [5.41, 5.74) is 0.946. The predicted molar refractivity (Wildman–Crippen MR) is 62.9 cm³/mol. The lowest BCUT2D eigenvalue weighted by atomic mass is 10.1. The number of carboxylic acids is 1. The van der Waals surface area contributed by atoms with Gasteiger partial charge in [-0.1, -0.05) is 19.1 Å². The van der Waals surface area contributed by atoms with Crippen molar-refractivity contribution in [1.82, 2.24) is 15.0 Å². The largest absolute Gasteiger partial charge is 0.476 e. The van der Waals surface area contributed by atoms with E-state index in [0.717, 1.165) is 25.1 Å². The van der Waals surface area contributed by atoms with E-state index in [1.807, 2.05) is 0 Å². The van der Waals surface area contributed by atoms with Gasteiger partial charge in [0.05, 0.1) is 5.69 Å². The Bertz CT molecular complexity index is 408. The molecule has 5 heteroatoms. The van der Waals surface area contributed by atoms with Crippen molar-refractivity contribution < 1.29 is 9.90 Å². The van der Waals surface area contributed by atoms with Crippen molar-refractivity contribution >= 4 is 5.97 Å². The van der Waals surface area contributed by atoms with E-state index in [2.05, 4.69) is 24.2 Å². The molecule has 0 atom stereocenters. The first-order valence-corrected chi connectivity index (χ1v) is 6.23. The molecule has 1 heterocycles. The summed E-state index contributed by atoms with van der Waals surface area (Å²) in [4.78, 5) is 11.1. The molecule has 0 bridgehead atoms. The molecule has 2 rings (SSSR count). The van der Waals surface area contributed by atoms with Crippen LogP contribution in [0.15, 0.2) is 0 Å². The Balaban J connectivity index is 2.14. The van der Waals surface area contributed by atoms with Gasteiger partial charge in [0.2, 0.25) is 0 Å². The van der Waals surface area contributed by atoms with Crippen LogP contribution in [0, 0.1) is 11.8 Å². The lowest BCUT2D eigenvalue weighted by molar-refractivity contribution is 0.0689. The Kier molecular flexibility index (Phi) is 3.45. The Labute approximate surface area is 101 Å². The molecule has 0 aliphatic heterocycles. The van der Waals surface area contributed by atoms with Gasteiger partial charge >= 0.3 is 5.97 Å². The third kappa shape index (κ3) is 3.05. The fourth-order valence-electron chi connectivity index (χ4n) is 1.86. The molecule has 1 aliphatic carbocycles. The summed E-state index contributed by atoms with van der Waals surface area (Å²) < 4.78 is 1.78. The van der Waals surface area contributed by atoms with E-state index in [-0.39, 0.29) is 5.69 Å². The quantitative estimate of drug-likeness (QED) is 0.821. The molecule has 1 aromatic heterocycles. The molecular weight excluding hydrogens is 218 g/mol. The van der Waals surface area contributed by atoms with Gasteiger partial charge in [-0.05, 0) is 37.5 Å². The van der Waals surface area contributed by atoms with Crippen LogP contribution in [0.25, 0.3) is 0 Å². The molecule has 5 nitrogen and oxygen atoms in total. The first-order valence-electron chi connectivity index (χ1n) is 6.23. The lowest BCUT2D eigenvalue weighted by Crippen LogP contribution is -2.10. The van der Waals surface area contributed by atoms with Crippen LogP contribution < -0.4 is 0 Å². The van der Waals surface area contributed by atoms with Crippen molar-refractivity contribution in [3.05, 3.63) is 11.4 Å². The minimum atomic E-state index is -0.962. The van der Waals surface area contributed by atoms with Crippen LogP contribution in [0.3, 0.4) is 0 Å².